The zero-order valence-corrected chi connectivity index (χ0v) is 9.60. The molecular weight excluding hydrogens is 227 g/mol. The SMILES string of the molecule is COC(=O)C(Cc1cccc(F)c1)C(=O)OC. The molecule has 0 spiro atoms. The van der Waals surface area contributed by atoms with E-state index in [0.717, 1.165) is 0 Å². The van der Waals surface area contributed by atoms with Gasteiger partial charge in [0.25, 0.3) is 0 Å². The average Bonchev–Trinajstić information content (AvgIpc) is 2.34. The molecule has 0 radical (unpaired) electrons. The zero-order valence-electron chi connectivity index (χ0n) is 9.60. The van der Waals surface area contributed by atoms with Crippen LogP contribution in [-0.2, 0) is 25.5 Å². The smallest absolute Gasteiger partial charge is 0.320 e. The molecule has 0 aliphatic carbocycles. The van der Waals surface area contributed by atoms with Crippen molar-refractivity contribution in [2.75, 3.05) is 14.2 Å². The fraction of sp³-hybridized carbons (Fsp3) is 0.333. The monoisotopic (exact) mass is 240 g/mol. The lowest BCUT2D eigenvalue weighted by molar-refractivity contribution is -0.158. The number of halogens is 1. The summed E-state index contributed by atoms with van der Waals surface area (Å²) in [6, 6.07) is 5.69. The molecule has 0 saturated carbocycles. The Morgan fingerprint density at radius 3 is 2.29 bits per heavy atom. The molecule has 0 unspecified atom stereocenters. The summed E-state index contributed by atoms with van der Waals surface area (Å²) in [5.41, 5.74) is 0.533. The first-order chi connectivity index (χ1) is 8.08. The fourth-order valence-electron chi connectivity index (χ4n) is 1.45. The Morgan fingerprint density at radius 2 is 1.82 bits per heavy atom. The number of ether oxygens (including phenoxy) is 2. The Kier molecular flexibility index (Phi) is 4.63. The summed E-state index contributed by atoms with van der Waals surface area (Å²) in [4.78, 5) is 22.8. The third-order valence-electron chi connectivity index (χ3n) is 2.30. The molecule has 92 valence electrons. The number of esters is 2. The summed E-state index contributed by atoms with van der Waals surface area (Å²) in [6.07, 6.45) is 0.0527. The van der Waals surface area contributed by atoms with Crippen molar-refractivity contribution in [1.82, 2.24) is 0 Å². The maximum atomic E-state index is 13.0. The van der Waals surface area contributed by atoms with E-state index in [1.165, 1.54) is 32.4 Å². The molecule has 0 aromatic heterocycles. The van der Waals surface area contributed by atoms with Gasteiger partial charge in [-0.05, 0) is 24.1 Å². The highest BCUT2D eigenvalue weighted by molar-refractivity contribution is 5.95. The van der Waals surface area contributed by atoms with Crippen LogP contribution in [0, 0.1) is 11.7 Å². The Labute approximate surface area is 98.3 Å². The summed E-state index contributed by atoms with van der Waals surface area (Å²) in [7, 11) is 2.37. The van der Waals surface area contributed by atoms with E-state index < -0.39 is 23.7 Å². The molecule has 5 heteroatoms. The highest BCUT2D eigenvalue weighted by Gasteiger charge is 2.28. The third-order valence-corrected chi connectivity index (χ3v) is 2.30. The van der Waals surface area contributed by atoms with Gasteiger partial charge >= 0.3 is 11.9 Å². The first-order valence-electron chi connectivity index (χ1n) is 4.98. The van der Waals surface area contributed by atoms with E-state index in [1.807, 2.05) is 0 Å². The van der Waals surface area contributed by atoms with Gasteiger partial charge in [-0.1, -0.05) is 12.1 Å². The second kappa shape index (κ2) is 5.98. The lowest BCUT2D eigenvalue weighted by Crippen LogP contribution is -2.28. The van der Waals surface area contributed by atoms with Gasteiger partial charge in [0, 0.05) is 0 Å². The van der Waals surface area contributed by atoms with Crippen LogP contribution in [-0.4, -0.2) is 26.2 Å². The van der Waals surface area contributed by atoms with E-state index in [4.69, 9.17) is 0 Å². The molecular formula is C12H13FO4. The van der Waals surface area contributed by atoms with Crippen molar-refractivity contribution in [3.63, 3.8) is 0 Å². The highest BCUT2D eigenvalue weighted by Crippen LogP contribution is 2.13. The molecule has 0 aliphatic heterocycles. The molecule has 0 saturated heterocycles. The van der Waals surface area contributed by atoms with Crippen molar-refractivity contribution >= 4 is 11.9 Å². The van der Waals surface area contributed by atoms with Crippen molar-refractivity contribution < 1.29 is 23.5 Å². The zero-order chi connectivity index (χ0) is 12.8. The van der Waals surface area contributed by atoms with Gasteiger partial charge in [-0.25, -0.2) is 4.39 Å². The van der Waals surface area contributed by atoms with Crippen molar-refractivity contribution in [2.24, 2.45) is 5.92 Å². The summed E-state index contributed by atoms with van der Waals surface area (Å²) in [5.74, 6) is -2.87. The Balaban J connectivity index is 2.86. The van der Waals surface area contributed by atoms with Gasteiger partial charge in [-0.2, -0.15) is 0 Å². The summed E-state index contributed by atoms with van der Waals surface area (Å²) < 4.78 is 22.0. The van der Waals surface area contributed by atoms with E-state index in [1.54, 1.807) is 6.07 Å². The number of hydrogen-bond donors (Lipinski definition) is 0. The predicted octanol–water partition coefficient (Wildman–Crippen LogP) is 1.33. The van der Waals surface area contributed by atoms with Crippen LogP contribution in [0.15, 0.2) is 24.3 Å². The first-order valence-corrected chi connectivity index (χ1v) is 4.98. The quantitative estimate of drug-likeness (QED) is 0.588. The number of benzene rings is 1. The van der Waals surface area contributed by atoms with Crippen LogP contribution in [0.1, 0.15) is 5.56 Å². The standard InChI is InChI=1S/C12H13FO4/c1-16-11(14)10(12(15)17-2)7-8-4-3-5-9(13)6-8/h3-6,10H,7H2,1-2H3. The number of rotatable bonds is 4. The Hall–Kier alpha value is -1.91. The second-order valence-corrected chi connectivity index (χ2v) is 3.43. The van der Waals surface area contributed by atoms with Gasteiger partial charge in [0.1, 0.15) is 5.82 Å². The van der Waals surface area contributed by atoms with Crippen LogP contribution in [0.25, 0.3) is 0 Å². The molecule has 1 rings (SSSR count). The van der Waals surface area contributed by atoms with E-state index in [0.29, 0.717) is 5.56 Å². The van der Waals surface area contributed by atoms with Gasteiger partial charge in [-0.15, -0.1) is 0 Å². The van der Waals surface area contributed by atoms with Crippen molar-refractivity contribution in [2.45, 2.75) is 6.42 Å². The number of carbonyl (C=O) groups is 2. The minimum Gasteiger partial charge on any atom is -0.468 e. The largest absolute Gasteiger partial charge is 0.468 e. The number of methoxy groups -OCH3 is 2. The summed E-state index contributed by atoms with van der Waals surface area (Å²) in [5, 5.41) is 0. The minimum absolute atomic E-state index is 0.0527. The summed E-state index contributed by atoms with van der Waals surface area (Å²) >= 11 is 0. The molecule has 0 aliphatic rings. The van der Waals surface area contributed by atoms with Crippen LogP contribution in [0.4, 0.5) is 4.39 Å². The topological polar surface area (TPSA) is 52.6 Å². The number of hydrogen-bond acceptors (Lipinski definition) is 4. The van der Waals surface area contributed by atoms with Crippen LogP contribution < -0.4 is 0 Å². The Morgan fingerprint density at radius 1 is 1.24 bits per heavy atom. The summed E-state index contributed by atoms with van der Waals surface area (Å²) in [6.45, 7) is 0. The van der Waals surface area contributed by atoms with E-state index >= 15 is 0 Å². The molecule has 0 fully saturated rings. The van der Waals surface area contributed by atoms with E-state index in [-0.39, 0.29) is 6.42 Å². The van der Waals surface area contributed by atoms with Gasteiger partial charge < -0.3 is 9.47 Å². The van der Waals surface area contributed by atoms with Crippen molar-refractivity contribution in [3.8, 4) is 0 Å². The average molecular weight is 240 g/mol. The van der Waals surface area contributed by atoms with E-state index in [2.05, 4.69) is 9.47 Å². The van der Waals surface area contributed by atoms with E-state index in [9.17, 15) is 14.0 Å². The maximum Gasteiger partial charge on any atom is 0.320 e. The maximum absolute atomic E-state index is 13.0. The molecule has 0 heterocycles. The van der Waals surface area contributed by atoms with Crippen LogP contribution in [0.5, 0.6) is 0 Å². The minimum atomic E-state index is -1.06. The molecule has 17 heavy (non-hydrogen) atoms. The van der Waals surface area contributed by atoms with Gasteiger partial charge in [0.15, 0.2) is 5.92 Å². The molecule has 0 bridgehead atoms. The molecule has 4 nitrogen and oxygen atoms in total. The molecule has 0 atom stereocenters. The van der Waals surface area contributed by atoms with Crippen LogP contribution in [0.2, 0.25) is 0 Å². The third kappa shape index (κ3) is 3.55. The molecule has 1 aromatic rings. The molecule has 0 amide bonds. The molecule has 0 N–H and O–H groups in total. The van der Waals surface area contributed by atoms with Crippen molar-refractivity contribution in [3.05, 3.63) is 35.6 Å². The lowest BCUT2D eigenvalue weighted by atomic mass is 9.99. The van der Waals surface area contributed by atoms with Crippen molar-refractivity contribution in [1.29, 1.82) is 0 Å². The van der Waals surface area contributed by atoms with Gasteiger partial charge in [0.05, 0.1) is 14.2 Å². The first kappa shape index (κ1) is 13.2. The highest BCUT2D eigenvalue weighted by atomic mass is 19.1. The van der Waals surface area contributed by atoms with Crippen LogP contribution in [0.3, 0.4) is 0 Å². The van der Waals surface area contributed by atoms with Crippen LogP contribution >= 0.6 is 0 Å². The molecule has 1 aromatic carbocycles. The normalized spacial score (nSPS) is 10.1. The lowest BCUT2D eigenvalue weighted by Gasteiger charge is -2.12. The Bertz CT molecular complexity index is 401. The van der Waals surface area contributed by atoms with Gasteiger partial charge in [-0.3, -0.25) is 9.59 Å². The predicted molar refractivity (Wildman–Crippen MR) is 57.6 cm³/mol. The second-order valence-electron chi connectivity index (χ2n) is 3.43. The fourth-order valence-corrected chi connectivity index (χ4v) is 1.45. The number of carbonyl (C=O) groups excluding carboxylic acids is 2. The van der Waals surface area contributed by atoms with Gasteiger partial charge in [0.2, 0.25) is 0 Å².